The standard InChI is InChI=1S/C22H29N3O3S/c1-16-15-21(17(2)25(16)20-7-4-3-5-8-20)22(26)23-18-9-11-19(12-10-18)24-13-6-14-29(24,27)28/h9-12,15,20H,3-8,13-14H2,1-2H3,(H,23,26). The lowest BCUT2D eigenvalue weighted by molar-refractivity contribution is 0.102. The Hall–Kier alpha value is -2.28. The second-order valence-electron chi connectivity index (χ2n) is 8.19. The van der Waals surface area contributed by atoms with Gasteiger partial charge in [0.1, 0.15) is 0 Å². The molecule has 1 saturated carbocycles. The van der Waals surface area contributed by atoms with Crippen LogP contribution in [0.25, 0.3) is 0 Å². The smallest absolute Gasteiger partial charge is 0.257 e. The van der Waals surface area contributed by atoms with Crippen LogP contribution < -0.4 is 9.62 Å². The van der Waals surface area contributed by atoms with Crippen molar-refractivity contribution in [1.29, 1.82) is 0 Å². The number of hydrogen-bond acceptors (Lipinski definition) is 3. The number of carbonyl (C=O) groups is 1. The molecule has 1 aliphatic carbocycles. The summed E-state index contributed by atoms with van der Waals surface area (Å²) in [4.78, 5) is 12.9. The van der Waals surface area contributed by atoms with Gasteiger partial charge in [0.25, 0.3) is 5.91 Å². The quantitative estimate of drug-likeness (QED) is 0.804. The normalized spacial score (nSPS) is 19.4. The number of nitrogens with one attached hydrogen (secondary N) is 1. The second-order valence-corrected chi connectivity index (χ2v) is 10.2. The molecule has 4 rings (SSSR count). The van der Waals surface area contributed by atoms with Crippen molar-refractivity contribution in [1.82, 2.24) is 4.57 Å². The van der Waals surface area contributed by atoms with Gasteiger partial charge in [0.05, 0.1) is 17.0 Å². The highest BCUT2D eigenvalue weighted by atomic mass is 32.2. The molecule has 0 atom stereocenters. The molecule has 6 nitrogen and oxygen atoms in total. The van der Waals surface area contributed by atoms with E-state index in [1.54, 1.807) is 24.3 Å². The number of rotatable bonds is 4. The number of benzene rings is 1. The third kappa shape index (κ3) is 3.92. The Balaban J connectivity index is 1.50. The third-order valence-corrected chi connectivity index (χ3v) is 8.05. The molecule has 1 saturated heterocycles. The van der Waals surface area contributed by atoms with Crippen LogP contribution in [0.4, 0.5) is 11.4 Å². The van der Waals surface area contributed by atoms with E-state index in [-0.39, 0.29) is 11.7 Å². The molecule has 1 aromatic heterocycles. The minimum absolute atomic E-state index is 0.123. The molecule has 1 aliphatic heterocycles. The molecule has 156 valence electrons. The van der Waals surface area contributed by atoms with Gasteiger partial charge in [-0.25, -0.2) is 8.42 Å². The Morgan fingerprint density at radius 1 is 1.03 bits per heavy atom. The van der Waals surface area contributed by atoms with Crippen molar-refractivity contribution in [3.05, 3.63) is 47.3 Å². The first kappa shape index (κ1) is 20.0. The summed E-state index contributed by atoms with van der Waals surface area (Å²) < 4.78 is 27.9. The Labute approximate surface area is 173 Å². The van der Waals surface area contributed by atoms with E-state index in [2.05, 4.69) is 16.8 Å². The minimum Gasteiger partial charge on any atom is -0.345 e. The van der Waals surface area contributed by atoms with E-state index in [0.29, 0.717) is 35.9 Å². The molecule has 2 heterocycles. The van der Waals surface area contributed by atoms with Gasteiger partial charge in [-0.05, 0) is 63.4 Å². The number of amides is 1. The van der Waals surface area contributed by atoms with Crippen LogP contribution in [-0.4, -0.2) is 31.2 Å². The molecule has 2 fully saturated rings. The molecule has 7 heteroatoms. The van der Waals surface area contributed by atoms with E-state index in [0.717, 1.165) is 11.4 Å². The van der Waals surface area contributed by atoms with E-state index in [9.17, 15) is 13.2 Å². The van der Waals surface area contributed by atoms with Gasteiger partial charge in [-0.1, -0.05) is 19.3 Å². The molecule has 29 heavy (non-hydrogen) atoms. The Kier molecular flexibility index (Phi) is 5.42. The van der Waals surface area contributed by atoms with E-state index in [4.69, 9.17) is 0 Å². The van der Waals surface area contributed by atoms with Crippen molar-refractivity contribution in [2.24, 2.45) is 0 Å². The highest BCUT2D eigenvalue weighted by Crippen LogP contribution is 2.32. The summed E-state index contributed by atoms with van der Waals surface area (Å²) in [7, 11) is -3.19. The minimum atomic E-state index is -3.19. The fourth-order valence-corrected chi connectivity index (χ4v) is 6.31. The average molecular weight is 416 g/mol. The lowest BCUT2D eigenvalue weighted by Crippen LogP contribution is -2.25. The molecule has 0 unspecified atom stereocenters. The summed E-state index contributed by atoms with van der Waals surface area (Å²) in [5.74, 6) is 0.0731. The summed E-state index contributed by atoms with van der Waals surface area (Å²) in [6.45, 7) is 4.61. The van der Waals surface area contributed by atoms with Crippen LogP contribution in [0.3, 0.4) is 0 Å². The molecule has 0 spiro atoms. The molecular formula is C22H29N3O3S. The number of carbonyl (C=O) groups excluding carboxylic acids is 1. The maximum absolute atomic E-state index is 12.9. The zero-order chi connectivity index (χ0) is 20.6. The van der Waals surface area contributed by atoms with Crippen molar-refractivity contribution < 1.29 is 13.2 Å². The van der Waals surface area contributed by atoms with Crippen LogP contribution in [0, 0.1) is 13.8 Å². The number of nitrogens with zero attached hydrogens (tertiary/aromatic N) is 2. The molecule has 1 aromatic carbocycles. The van der Waals surface area contributed by atoms with Gasteiger partial charge in [0, 0.05) is 29.7 Å². The summed E-state index contributed by atoms with van der Waals surface area (Å²) in [5, 5.41) is 2.96. The maximum Gasteiger partial charge on any atom is 0.257 e. The number of anilines is 2. The van der Waals surface area contributed by atoms with Gasteiger partial charge < -0.3 is 9.88 Å². The molecular weight excluding hydrogens is 386 g/mol. The topological polar surface area (TPSA) is 71.4 Å². The summed E-state index contributed by atoms with van der Waals surface area (Å²) >= 11 is 0. The zero-order valence-corrected chi connectivity index (χ0v) is 18.0. The zero-order valence-electron chi connectivity index (χ0n) is 17.1. The van der Waals surface area contributed by atoms with Crippen LogP contribution in [-0.2, 0) is 10.0 Å². The van der Waals surface area contributed by atoms with Gasteiger partial charge in [0.15, 0.2) is 0 Å². The number of aryl methyl sites for hydroxylation is 1. The van der Waals surface area contributed by atoms with E-state index < -0.39 is 10.0 Å². The molecule has 2 aromatic rings. The SMILES string of the molecule is Cc1cc(C(=O)Nc2ccc(N3CCCS3(=O)=O)cc2)c(C)n1C1CCCCC1. The lowest BCUT2D eigenvalue weighted by Gasteiger charge is -2.26. The van der Waals surface area contributed by atoms with Crippen molar-refractivity contribution >= 4 is 27.3 Å². The van der Waals surface area contributed by atoms with Crippen molar-refractivity contribution in [2.75, 3.05) is 21.9 Å². The predicted octanol–water partition coefficient (Wildman–Crippen LogP) is 4.40. The fraction of sp³-hybridized carbons (Fsp3) is 0.500. The second kappa shape index (κ2) is 7.86. The van der Waals surface area contributed by atoms with Crippen LogP contribution in [0.15, 0.2) is 30.3 Å². The van der Waals surface area contributed by atoms with Crippen LogP contribution in [0.2, 0.25) is 0 Å². The van der Waals surface area contributed by atoms with E-state index in [1.807, 2.05) is 13.0 Å². The largest absolute Gasteiger partial charge is 0.345 e. The first-order chi connectivity index (χ1) is 13.9. The summed E-state index contributed by atoms with van der Waals surface area (Å²) in [6, 6.07) is 9.51. The highest BCUT2D eigenvalue weighted by molar-refractivity contribution is 7.93. The molecule has 0 bridgehead atoms. The van der Waals surface area contributed by atoms with E-state index in [1.165, 1.54) is 36.4 Å². The van der Waals surface area contributed by atoms with Crippen molar-refractivity contribution in [3.63, 3.8) is 0 Å². The number of hydrogen-bond donors (Lipinski definition) is 1. The van der Waals surface area contributed by atoms with Crippen LogP contribution in [0.1, 0.15) is 66.3 Å². The fourth-order valence-electron chi connectivity index (χ4n) is 4.75. The first-order valence-corrected chi connectivity index (χ1v) is 12.1. The number of sulfonamides is 1. The van der Waals surface area contributed by atoms with Gasteiger partial charge >= 0.3 is 0 Å². The molecule has 1 N–H and O–H groups in total. The van der Waals surface area contributed by atoms with Crippen LogP contribution >= 0.6 is 0 Å². The third-order valence-electron chi connectivity index (χ3n) is 6.18. The highest BCUT2D eigenvalue weighted by Gasteiger charge is 2.28. The Morgan fingerprint density at radius 3 is 2.34 bits per heavy atom. The first-order valence-electron chi connectivity index (χ1n) is 10.5. The Morgan fingerprint density at radius 2 is 1.72 bits per heavy atom. The molecule has 2 aliphatic rings. The predicted molar refractivity (Wildman–Crippen MR) is 116 cm³/mol. The Bertz CT molecular complexity index is 1000. The van der Waals surface area contributed by atoms with Crippen molar-refractivity contribution in [2.45, 2.75) is 58.4 Å². The van der Waals surface area contributed by atoms with Gasteiger partial charge in [-0.3, -0.25) is 9.10 Å². The summed E-state index contributed by atoms with van der Waals surface area (Å²) in [5.41, 5.74) is 4.17. The average Bonchev–Trinajstić information content (AvgIpc) is 3.21. The van der Waals surface area contributed by atoms with E-state index >= 15 is 0 Å². The van der Waals surface area contributed by atoms with Crippen LogP contribution in [0.5, 0.6) is 0 Å². The monoisotopic (exact) mass is 415 g/mol. The molecule has 1 amide bonds. The van der Waals surface area contributed by atoms with Gasteiger partial charge in [-0.2, -0.15) is 0 Å². The van der Waals surface area contributed by atoms with Crippen molar-refractivity contribution in [3.8, 4) is 0 Å². The number of aromatic nitrogens is 1. The summed E-state index contributed by atoms with van der Waals surface area (Å²) in [6.07, 6.45) is 6.82. The van der Waals surface area contributed by atoms with Gasteiger partial charge in [0.2, 0.25) is 10.0 Å². The van der Waals surface area contributed by atoms with Gasteiger partial charge in [-0.15, -0.1) is 0 Å². The maximum atomic E-state index is 12.9. The lowest BCUT2D eigenvalue weighted by atomic mass is 9.95. The molecule has 0 radical (unpaired) electrons.